The van der Waals surface area contributed by atoms with E-state index >= 15 is 0 Å². The molecule has 0 atom stereocenters. The molecule has 0 radical (unpaired) electrons. The molecule has 6 nitrogen and oxygen atoms in total. The number of nitrogens with zero attached hydrogens (tertiary/aromatic N) is 3. The van der Waals surface area contributed by atoms with E-state index < -0.39 is 6.61 Å². The third kappa shape index (κ3) is 5.54. The molecule has 3 aromatic carbocycles. The van der Waals surface area contributed by atoms with E-state index in [4.69, 9.17) is 0 Å². The number of alkyl halides is 2. The molecule has 0 spiro atoms. The summed E-state index contributed by atoms with van der Waals surface area (Å²) in [5.41, 5.74) is 3.44. The van der Waals surface area contributed by atoms with Gasteiger partial charge in [0.1, 0.15) is 18.4 Å². The van der Waals surface area contributed by atoms with Crippen molar-refractivity contribution in [3.05, 3.63) is 108 Å². The summed E-state index contributed by atoms with van der Waals surface area (Å²) in [5, 5.41) is 6.88. The molecule has 1 aromatic heterocycles. The number of hydrogen-bond acceptors (Lipinski definition) is 4. The molecule has 0 aliphatic carbocycles. The van der Waals surface area contributed by atoms with Crippen LogP contribution in [0.2, 0.25) is 0 Å². The molecule has 32 heavy (non-hydrogen) atoms. The summed E-state index contributed by atoms with van der Waals surface area (Å²) in [6, 6.07) is 21.2. The second kappa shape index (κ2) is 9.82. The quantitative estimate of drug-likeness (QED) is 0.434. The first-order chi connectivity index (χ1) is 15.6. The van der Waals surface area contributed by atoms with E-state index in [1.807, 2.05) is 42.5 Å². The Morgan fingerprint density at radius 3 is 2.47 bits per heavy atom. The van der Waals surface area contributed by atoms with Crippen molar-refractivity contribution in [3.8, 4) is 5.75 Å². The predicted molar refractivity (Wildman–Crippen MR) is 116 cm³/mol. The van der Waals surface area contributed by atoms with Crippen molar-refractivity contribution in [2.45, 2.75) is 19.6 Å². The summed E-state index contributed by atoms with van der Waals surface area (Å²) in [6.07, 6.45) is 3.48. The highest BCUT2D eigenvalue weighted by atomic mass is 19.3. The van der Waals surface area contributed by atoms with Gasteiger partial charge in [-0.25, -0.2) is 9.67 Å². The zero-order valence-corrected chi connectivity index (χ0v) is 17.0. The zero-order valence-electron chi connectivity index (χ0n) is 17.0. The Labute approximate surface area is 183 Å². The van der Waals surface area contributed by atoms with Crippen molar-refractivity contribution in [1.82, 2.24) is 14.8 Å². The summed E-state index contributed by atoms with van der Waals surface area (Å²) in [4.78, 5) is 16.6. The van der Waals surface area contributed by atoms with Crippen LogP contribution < -0.4 is 10.1 Å². The number of aromatic nitrogens is 3. The predicted octanol–water partition coefficient (Wildman–Crippen LogP) is 4.77. The molecule has 0 aliphatic rings. The molecular formula is C24H20F2N4O2. The van der Waals surface area contributed by atoms with E-state index in [-0.39, 0.29) is 11.7 Å². The maximum absolute atomic E-state index is 12.8. The summed E-state index contributed by atoms with van der Waals surface area (Å²) in [5.74, 6) is -0.218. The van der Waals surface area contributed by atoms with Crippen molar-refractivity contribution in [2.75, 3.05) is 5.32 Å². The lowest BCUT2D eigenvalue weighted by molar-refractivity contribution is -0.0503. The van der Waals surface area contributed by atoms with Gasteiger partial charge in [0.15, 0.2) is 0 Å². The number of rotatable bonds is 8. The highest BCUT2D eigenvalue weighted by molar-refractivity contribution is 6.04. The van der Waals surface area contributed by atoms with Crippen molar-refractivity contribution >= 4 is 11.6 Å². The molecule has 0 saturated heterocycles. The Bertz CT molecular complexity index is 1160. The topological polar surface area (TPSA) is 69.0 Å². The molecule has 0 fully saturated rings. The highest BCUT2D eigenvalue weighted by Crippen LogP contribution is 2.27. The lowest BCUT2D eigenvalue weighted by Gasteiger charge is -2.14. The molecule has 8 heteroatoms. The number of halogens is 2. The standard InChI is InChI=1S/C24H20F2N4O2/c25-24(26)32-22-11-10-21(13-20(22)12-17-4-2-1-3-5-17)29-23(31)19-8-6-18(7-9-19)14-30-16-27-15-28-30/h1-11,13,15-16,24H,12,14H2,(H,29,31). The smallest absolute Gasteiger partial charge is 0.387 e. The lowest BCUT2D eigenvalue weighted by Crippen LogP contribution is -2.13. The molecule has 4 aromatic rings. The Morgan fingerprint density at radius 2 is 1.78 bits per heavy atom. The van der Waals surface area contributed by atoms with Gasteiger partial charge in [-0.3, -0.25) is 4.79 Å². The molecule has 0 saturated carbocycles. The zero-order chi connectivity index (χ0) is 22.3. The minimum Gasteiger partial charge on any atom is -0.435 e. The number of anilines is 1. The maximum atomic E-state index is 12.8. The van der Waals surface area contributed by atoms with E-state index in [1.165, 1.54) is 12.4 Å². The first-order valence-corrected chi connectivity index (χ1v) is 9.91. The third-order valence-electron chi connectivity index (χ3n) is 4.80. The van der Waals surface area contributed by atoms with Gasteiger partial charge in [0.2, 0.25) is 0 Å². The number of nitrogens with one attached hydrogen (secondary N) is 1. The Morgan fingerprint density at radius 1 is 1.00 bits per heavy atom. The van der Waals surface area contributed by atoms with E-state index in [9.17, 15) is 13.6 Å². The van der Waals surface area contributed by atoms with E-state index in [2.05, 4.69) is 20.1 Å². The maximum Gasteiger partial charge on any atom is 0.387 e. The van der Waals surface area contributed by atoms with Gasteiger partial charge in [-0.1, -0.05) is 42.5 Å². The minimum absolute atomic E-state index is 0.0827. The van der Waals surface area contributed by atoms with Gasteiger partial charge in [-0.05, 0) is 41.5 Å². The summed E-state index contributed by atoms with van der Waals surface area (Å²) in [6.45, 7) is -2.38. The van der Waals surface area contributed by atoms with Gasteiger partial charge in [0, 0.05) is 23.2 Å². The number of benzene rings is 3. The van der Waals surface area contributed by atoms with E-state index in [0.717, 1.165) is 11.1 Å². The summed E-state index contributed by atoms with van der Waals surface area (Å²) < 4.78 is 32.0. The Kier molecular flexibility index (Phi) is 6.50. The van der Waals surface area contributed by atoms with Crippen molar-refractivity contribution in [1.29, 1.82) is 0 Å². The van der Waals surface area contributed by atoms with E-state index in [1.54, 1.807) is 35.3 Å². The molecule has 0 aliphatic heterocycles. The number of carbonyl (C=O) groups excluding carboxylic acids is 1. The second-order valence-electron chi connectivity index (χ2n) is 7.11. The molecule has 1 amide bonds. The average molecular weight is 434 g/mol. The van der Waals surface area contributed by atoms with Crippen molar-refractivity contribution < 1.29 is 18.3 Å². The summed E-state index contributed by atoms with van der Waals surface area (Å²) >= 11 is 0. The third-order valence-corrected chi connectivity index (χ3v) is 4.80. The van der Waals surface area contributed by atoms with Gasteiger partial charge >= 0.3 is 6.61 Å². The van der Waals surface area contributed by atoms with Crippen LogP contribution >= 0.6 is 0 Å². The SMILES string of the molecule is O=C(Nc1ccc(OC(F)F)c(Cc2ccccc2)c1)c1ccc(Cn2cncn2)cc1. The molecule has 0 bridgehead atoms. The van der Waals surface area contributed by atoms with Crippen molar-refractivity contribution in [2.24, 2.45) is 0 Å². The fraction of sp³-hybridized carbons (Fsp3) is 0.125. The van der Waals surface area contributed by atoms with Crippen LogP contribution in [0.15, 0.2) is 85.5 Å². The summed E-state index contributed by atoms with van der Waals surface area (Å²) in [7, 11) is 0. The van der Waals surface area contributed by atoms with Crippen LogP contribution in [0.3, 0.4) is 0 Å². The molecule has 0 unspecified atom stereocenters. The van der Waals surface area contributed by atoms with Gasteiger partial charge in [-0.2, -0.15) is 13.9 Å². The molecule has 162 valence electrons. The average Bonchev–Trinajstić information content (AvgIpc) is 3.29. The molecule has 1 N–H and O–H groups in total. The molecule has 4 rings (SSSR count). The number of ether oxygens (including phenoxy) is 1. The molecular weight excluding hydrogens is 414 g/mol. The van der Waals surface area contributed by atoms with Gasteiger partial charge in [-0.15, -0.1) is 0 Å². The van der Waals surface area contributed by atoms with Gasteiger partial charge in [0.25, 0.3) is 5.91 Å². The number of amides is 1. The van der Waals surface area contributed by atoms with Crippen LogP contribution in [0.1, 0.15) is 27.0 Å². The molecule has 1 heterocycles. The van der Waals surface area contributed by atoms with Gasteiger partial charge in [0.05, 0.1) is 6.54 Å². The van der Waals surface area contributed by atoms with Crippen molar-refractivity contribution in [3.63, 3.8) is 0 Å². The monoisotopic (exact) mass is 434 g/mol. The van der Waals surface area contributed by atoms with Crippen LogP contribution in [0.25, 0.3) is 0 Å². The first kappa shape index (κ1) is 21.2. The Balaban J connectivity index is 1.49. The van der Waals surface area contributed by atoms with Crippen LogP contribution in [0, 0.1) is 0 Å². The van der Waals surface area contributed by atoms with Gasteiger partial charge < -0.3 is 10.1 Å². The highest BCUT2D eigenvalue weighted by Gasteiger charge is 2.13. The largest absolute Gasteiger partial charge is 0.435 e. The first-order valence-electron chi connectivity index (χ1n) is 9.91. The fourth-order valence-electron chi connectivity index (χ4n) is 3.29. The lowest BCUT2D eigenvalue weighted by atomic mass is 10.0. The van der Waals surface area contributed by atoms with Crippen LogP contribution in [-0.4, -0.2) is 27.3 Å². The second-order valence-corrected chi connectivity index (χ2v) is 7.11. The number of hydrogen-bond donors (Lipinski definition) is 1. The van der Waals surface area contributed by atoms with Crippen LogP contribution in [-0.2, 0) is 13.0 Å². The van der Waals surface area contributed by atoms with Crippen LogP contribution in [0.4, 0.5) is 14.5 Å². The van der Waals surface area contributed by atoms with Crippen LogP contribution in [0.5, 0.6) is 5.75 Å². The fourth-order valence-corrected chi connectivity index (χ4v) is 3.29. The van der Waals surface area contributed by atoms with E-state index in [0.29, 0.717) is 29.8 Å². The normalized spacial score (nSPS) is 10.8. The minimum atomic E-state index is -2.93. The number of carbonyl (C=O) groups is 1. The Hall–Kier alpha value is -4.07.